The van der Waals surface area contributed by atoms with E-state index in [1.165, 1.54) is 35.9 Å². The average Bonchev–Trinajstić information content (AvgIpc) is 2.97. The summed E-state index contributed by atoms with van der Waals surface area (Å²) in [6, 6.07) is 4.46. The molecule has 3 rings (SSSR count). The van der Waals surface area contributed by atoms with E-state index in [4.69, 9.17) is 5.26 Å². The van der Waals surface area contributed by atoms with Gasteiger partial charge in [-0.1, -0.05) is 6.08 Å². The van der Waals surface area contributed by atoms with Gasteiger partial charge in [0.1, 0.15) is 22.5 Å². The Balaban J connectivity index is 1.99. The summed E-state index contributed by atoms with van der Waals surface area (Å²) >= 11 is 0. The number of amides is 1. The lowest BCUT2D eigenvalue weighted by Crippen LogP contribution is -2.49. The Bertz CT molecular complexity index is 1180. The van der Waals surface area contributed by atoms with Crippen LogP contribution in [0.4, 0.5) is 10.1 Å². The molecule has 0 aliphatic carbocycles. The van der Waals surface area contributed by atoms with Crippen LogP contribution in [0.1, 0.15) is 35.0 Å². The number of carbonyl (C=O) groups excluding carboxylic acids is 1. The van der Waals surface area contributed by atoms with E-state index in [1.54, 1.807) is 13.1 Å². The summed E-state index contributed by atoms with van der Waals surface area (Å²) in [6.07, 6.45) is 3.06. The lowest BCUT2D eigenvalue weighted by Gasteiger charge is -2.29. The molecule has 0 fully saturated rings. The molecule has 2 atom stereocenters. The van der Waals surface area contributed by atoms with Crippen molar-refractivity contribution in [3.63, 3.8) is 0 Å². The highest BCUT2D eigenvalue weighted by Gasteiger charge is 2.38. The van der Waals surface area contributed by atoms with Gasteiger partial charge in [0.25, 0.3) is 5.91 Å². The second kappa shape index (κ2) is 7.68. The molecule has 0 saturated heterocycles. The summed E-state index contributed by atoms with van der Waals surface area (Å²) in [5.74, 6) is -1.31. The normalized spacial score (nSPS) is 19.6. The number of carbonyl (C=O) groups is 1. The minimum atomic E-state index is -4.00. The van der Waals surface area contributed by atoms with Crippen LogP contribution in [0.2, 0.25) is 0 Å². The summed E-state index contributed by atoms with van der Waals surface area (Å²) in [4.78, 5) is 12.9. The van der Waals surface area contributed by atoms with E-state index in [0.29, 0.717) is 5.56 Å². The van der Waals surface area contributed by atoms with Crippen LogP contribution < -0.4 is 10.0 Å². The van der Waals surface area contributed by atoms with Gasteiger partial charge in [0.15, 0.2) is 0 Å². The van der Waals surface area contributed by atoms with Gasteiger partial charge in [-0.2, -0.15) is 5.26 Å². The van der Waals surface area contributed by atoms with Crippen molar-refractivity contribution in [1.29, 1.82) is 5.26 Å². The fraction of sp³-hybridized carbons (Fsp3) is 0.300. The van der Waals surface area contributed by atoms with Gasteiger partial charge in [-0.3, -0.25) is 4.79 Å². The van der Waals surface area contributed by atoms with E-state index in [-0.39, 0.29) is 34.7 Å². The highest BCUT2D eigenvalue weighted by atomic mass is 32.2. The number of fused-ring (bicyclic) bond motifs is 1. The van der Waals surface area contributed by atoms with Crippen molar-refractivity contribution >= 4 is 21.6 Å². The third-order valence-corrected chi connectivity index (χ3v) is 6.72. The summed E-state index contributed by atoms with van der Waals surface area (Å²) in [5, 5.41) is 22.0. The molecule has 0 bridgehead atoms. The van der Waals surface area contributed by atoms with Crippen LogP contribution in [0.15, 0.2) is 41.9 Å². The Morgan fingerprint density at radius 2 is 2.23 bits per heavy atom. The first-order valence-corrected chi connectivity index (χ1v) is 10.6. The van der Waals surface area contributed by atoms with E-state index in [2.05, 4.69) is 16.6 Å². The molecule has 2 aromatic rings. The number of aryl methyl sites for hydroxylation is 1. The number of nitrogens with zero attached hydrogens (tertiary/aromatic N) is 2. The summed E-state index contributed by atoms with van der Waals surface area (Å²) in [7, 11) is -2.45. The molecule has 1 aliphatic heterocycles. The number of sulfonamides is 1. The number of halogens is 1. The SMILES string of the molecule is C=C[C@](C)(O)[C@@H]1CCc2c(cn(C)c2C(=O)Nc2ccc(F)c(C#N)c2)S(=O)(=O)N1. The zero-order valence-corrected chi connectivity index (χ0v) is 17.3. The third-order valence-electron chi connectivity index (χ3n) is 5.20. The first-order valence-electron chi connectivity index (χ1n) is 9.07. The Hall–Kier alpha value is -3.00. The molecule has 0 unspecified atom stereocenters. The molecule has 30 heavy (non-hydrogen) atoms. The molecular formula is C20H21FN4O4S. The van der Waals surface area contributed by atoms with Crippen molar-refractivity contribution in [2.24, 2.45) is 7.05 Å². The minimum Gasteiger partial charge on any atom is -0.384 e. The van der Waals surface area contributed by atoms with Crippen LogP contribution in [0, 0.1) is 17.1 Å². The fourth-order valence-corrected chi connectivity index (χ4v) is 5.13. The van der Waals surface area contributed by atoms with Gasteiger partial charge in [-0.25, -0.2) is 17.5 Å². The third kappa shape index (κ3) is 3.87. The van der Waals surface area contributed by atoms with Crippen LogP contribution in [-0.2, 0) is 23.5 Å². The number of nitriles is 1. The summed E-state index contributed by atoms with van der Waals surface area (Å²) in [5.41, 5.74) is -1.05. The van der Waals surface area contributed by atoms with Crippen molar-refractivity contribution in [1.82, 2.24) is 9.29 Å². The number of nitrogens with one attached hydrogen (secondary N) is 2. The van der Waals surface area contributed by atoms with Gasteiger partial charge in [0, 0.05) is 24.5 Å². The van der Waals surface area contributed by atoms with Gasteiger partial charge in [0.2, 0.25) is 10.0 Å². The topological polar surface area (TPSA) is 124 Å². The number of anilines is 1. The maximum atomic E-state index is 13.5. The molecule has 10 heteroatoms. The van der Waals surface area contributed by atoms with Crippen molar-refractivity contribution in [2.75, 3.05) is 5.32 Å². The van der Waals surface area contributed by atoms with Crippen molar-refractivity contribution in [3.05, 3.63) is 59.7 Å². The molecule has 1 amide bonds. The molecule has 2 heterocycles. The standard InChI is InChI=1S/C20H21FN4O4S/c1-4-20(2,27)17-8-6-14-16(30(28,29)24-17)11-25(3)18(14)19(26)23-13-5-7-15(21)12(9-13)10-22/h4-5,7,9,11,17,24,27H,1,6,8H2,2-3H3,(H,23,26)/t17-,20-/m0/s1. The molecule has 158 valence electrons. The first-order chi connectivity index (χ1) is 14.0. The van der Waals surface area contributed by atoms with Crippen LogP contribution in [0.25, 0.3) is 0 Å². The van der Waals surface area contributed by atoms with Crippen LogP contribution in [-0.4, -0.2) is 35.6 Å². The quantitative estimate of drug-likeness (QED) is 0.636. The molecule has 8 nitrogen and oxygen atoms in total. The molecule has 1 aromatic heterocycles. The molecule has 3 N–H and O–H groups in total. The zero-order valence-electron chi connectivity index (χ0n) is 16.4. The van der Waals surface area contributed by atoms with Gasteiger partial charge in [-0.15, -0.1) is 6.58 Å². The van der Waals surface area contributed by atoms with Crippen molar-refractivity contribution in [3.8, 4) is 6.07 Å². The fourth-order valence-electron chi connectivity index (χ4n) is 3.45. The lowest BCUT2D eigenvalue weighted by atomic mass is 9.92. The smallest absolute Gasteiger partial charge is 0.272 e. The van der Waals surface area contributed by atoms with Crippen LogP contribution in [0.5, 0.6) is 0 Å². The number of rotatable bonds is 4. The second-order valence-corrected chi connectivity index (χ2v) is 9.02. The van der Waals surface area contributed by atoms with Gasteiger partial charge >= 0.3 is 0 Å². The molecule has 1 aromatic carbocycles. The predicted octanol–water partition coefficient (Wildman–Crippen LogP) is 1.82. The van der Waals surface area contributed by atoms with Gasteiger partial charge in [-0.05, 0) is 38.0 Å². The average molecular weight is 432 g/mol. The maximum Gasteiger partial charge on any atom is 0.272 e. The maximum absolute atomic E-state index is 13.5. The highest BCUT2D eigenvalue weighted by molar-refractivity contribution is 7.89. The molecular weight excluding hydrogens is 411 g/mol. The summed E-state index contributed by atoms with van der Waals surface area (Å²) in [6.45, 7) is 5.00. The monoisotopic (exact) mass is 432 g/mol. The van der Waals surface area contributed by atoms with Crippen molar-refractivity contribution < 1.29 is 22.7 Å². The van der Waals surface area contributed by atoms with Crippen LogP contribution >= 0.6 is 0 Å². The Morgan fingerprint density at radius 1 is 1.53 bits per heavy atom. The minimum absolute atomic E-state index is 0.0469. The van der Waals surface area contributed by atoms with Gasteiger partial charge < -0.3 is 15.0 Å². The van der Waals surface area contributed by atoms with Gasteiger partial charge in [0.05, 0.1) is 17.2 Å². The number of benzene rings is 1. The second-order valence-electron chi connectivity index (χ2n) is 7.33. The Labute approximate surface area is 173 Å². The molecule has 1 aliphatic rings. The van der Waals surface area contributed by atoms with E-state index >= 15 is 0 Å². The van der Waals surface area contributed by atoms with E-state index < -0.39 is 33.4 Å². The first kappa shape index (κ1) is 21.7. The molecule has 0 radical (unpaired) electrons. The summed E-state index contributed by atoms with van der Waals surface area (Å²) < 4.78 is 43.1. The zero-order chi connectivity index (χ0) is 22.3. The Kier molecular flexibility index (Phi) is 5.56. The largest absolute Gasteiger partial charge is 0.384 e. The number of aromatic nitrogens is 1. The number of hydrogen-bond donors (Lipinski definition) is 3. The lowest BCUT2D eigenvalue weighted by molar-refractivity contribution is 0.0731. The molecule has 0 spiro atoms. The van der Waals surface area contributed by atoms with Crippen molar-refractivity contribution in [2.45, 2.75) is 36.3 Å². The Morgan fingerprint density at radius 3 is 2.87 bits per heavy atom. The molecule has 0 saturated carbocycles. The highest BCUT2D eigenvalue weighted by Crippen LogP contribution is 2.30. The predicted molar refractivity (Wildman–Crippen MR) is 108 cm³/mol. The van der Waals surface area contributed by atoms with Crippen LogP contribution in [0.3, 0.4) is 0 Å². The van der Waals surface area contributed by atoms with E-state index in [0.717, 1.165) is 6.07 Å². The van der Waals surface area contributed by atoms with E-state index in [9.17, 15) is 22.7 Å². The number of aliphatic hydroxyl groups is 1. The van der Waals surface area contributed by atoms with E-state index in [1.807, 2.05) is 0 Å². The number of hydrogen-bond acceptors (Lipinski definition) is 5.